The molecule has 0 aromatic carbocycles. The van der Waals surface area contributed by atoms with Crippen LogP contribution in [-0.2, 0) is 0 Å². The van der Waals surface area contributed by atoms with E-state index in [1.165, 1.54) is 0 Å². The van der Waals surface area contributed by atoms with Gasteiger partial charge in [-0.3, -0.25) is 0 Å². The van der Waals surface area contributed by atoms with Crippen LogP contribution in [0.2, 0.25) is 0 Å². The molecule has 0 N–H and O–H groups in total. The zero-order chi connectivity index (χ0) is 5.40. The third kappa shape index (κ3) is 0.320. The van der Waals surface area contributed by atoms with E-state index in [-0.39, 0.29) is 1.43 Å². The molecule has 2 heterocycles. The highest BCUT2D eigenvalue weighted by Crippen LogP contribution is 2.14. The lowest BCUT2D eigenvalue weighted by molar-refractivity contribution is 0.609. The Kier molecular flexibility index (Phi) is 0.545. The number of hydrogen-bond acceptors (Lipinski definition) is 2. The first kappa shape index (κ1) is 3.78. The lowest BCUT2D eigenvalue weighted by atomic mass is 10.5. The lowest BCUT2D eigenvalue weighted by Gasteiger charge is -1.64. The Balaban J connectivity index is 0.000000405. The monoisotopic (exact) mass is 109 g/mol. The Labute approximate surface area is 47.2 Å². The van der Waals surface area contributed by atoms with Gasteiger partial charge in [0.2, 0.25) is 0 Å². The molecule has 0 amide bonds. The maximum atomic E-state index is 4.96. The van der Waals surface area contributed by atoms with Crippen LogP contribution in [0.15, 0.2) is 33.5 Å². The summed E-state index contributed by atoms with van der Waals surface area (Å²) < 4.78 is 9.93. The van der Waals surface area contributed by atoms with Crippen molar-refractivity contribution in [2.45, 2.75) is 0 Å². The first-order chi connectivity index (χ1) is 3.97. The third-order valence-corrected chi connectivity index (χ3v) is 1.07. The van der Waals surface area contributed by atoms with Crippen LogP contribution in [0.5, 0.6) is 0 Å². The summed E-state index contributed by atoms with van der Waals surface area (Å²) in [5.74, 6) is 0. The first-order valence-corrected chi connectivity index (χ1v) is 2.37. The Hall–Kier alpha value is -1.18. The van der Waals surface area contributed by atoms with E-state index in [4.69, 9.17) is 8.83 Å². The highest BCUT2D eigenvalue weighted by atomic mass is 16.4. The summed E-state index contributed by atoms with van der Waals surface area (Å²) in [6, 6.07) is 3.57. The molecule has 8 heavy (non-hydrogen) atoms. The van der Waals surface area contributed by atoms with E-state index in [1.807, 2.05) is 0 Å². The summed E-state index contributed by atoms with van der Waals surface area (Å²) in [5, 5.41) is 0. The van der Waals surface area contributed by atoms with Gasteiger partial charge >= 0.3 is 1.43 Å². The van der Waals surface area contributed by atoms with Crippen molar-refractivity contribution in [2.24, 2.45) is 0 Å². The molecule has 2 heteroatoms. The predicted octanol–water partition coefficient (Wildman–Crippen LogP) is 2.14. The highest BCUT2D eigenvalue weighted by molar-refractivity contribution is 5.69. The molecule has 40 valence electrons. The Bertz CT molecular complexity index is 232. The molecule has 2 rings (SSSR count). The van der Waals surface area contributed by atoms with E-state index in [9.17, 15) is 0 Å². The minimum atomic E-state index is 0. The minimum Gasteiger partial charge on any atom is -0.461 e. The summed E-state index contributed by atoms with van der Waals surface area (Å²) in [6.07, 6.45) is 3.21. The van der Waals surface area contributed by atoms with Crippen LogP contribution in [0.4, 0.5) is 0 Å². The fourth-order valence-electron chi connectivity index (χ4n) is 0.697. The molecule has 0 atom stereocenters. The first-order valence-electron chi connectivity index (χ1n) is 2.37. The predicted molar refractivity (Wildman–Crippen MR) is 29.6 cm³/mol. The third-order valence-electron chi connectivity index (χ3n) is 1.07. The molecule has 0 bridgehead atoms. The highest BCUT2D eigenvalue weighted by Gasteiger charge is 1.94. The molecule has 0 saturated heterocycles. The molecular weight excluding hydrogens is 104 g/mol. The van der Waals surface area contributed by atoms with Gasteiger partial charge in [-0.1, -0.05) is 0 Å². The summed E-state index contributed by atoms with van der Waals surface area (Å²) in [7, 11) is 0. The molecule has 2 aromatic rings. The smallest absolute Gasteiger partial charge is 0.461 e. The molecule has 0 fully saturated rings. The lowest BCUT2D eigenvalue weighted by Crippen LogP contribution is -1.38. The number of fused-ring (bicyclic) bond motifs is 1. The summed E-state index contributed by atoms with van der Waals surface area (Å²) >= 11 is 0. The molecule has 0 saturated carbocycles. The molecule has 0 spiro atoms. The van der Waals surface area contributed by atoms with Crippen LogP contribution < -0.4 is 0 Å². The standard InChI is InChI=1S/C6H4O2/c1-3-7-6-2-4-8-5(1)6/h1-4H/p+1. The second kappa shape index (κ2) is 1.15. The van der Waals surface area contributed by atoms with Crippen molar-refractivity contribution in [1.82, 2.24) is 0 Å². The summed E-state index contributed by atoms with van der Waals surface area (Å²) in [4.78, 5) is 0. The van der Waals surface area contributed by atoms with Crippen molar-refractivity contribution in [3.8, 4) is 0 Å². The second-order valence-electron chi connectivity index (χ2n) is 1.57. The van der Waals surface area contributed by atoms with Gasteiger partial charge in [-0.15, -0.1) is 0 Å². The van der Waals surface area contributed by atoms with Gasteiger partial charge in [-0.25, -0.2) is 0 Å². The average Bonchev–Trinajstić information content (AvgIpc) is 2.15. The van der Waals surface area contributed by atoms with Crippen LogP contribution >= 0.6 is 0 Å². The van der Waals surface area contributed by atoms with E-state index in [0.717, 1.165) is 11.2 Å². The van der Waals surface area contributed by atoms with Crippen LogP contribution in [0.3, 0.4) is 0 Å². The second-order valence-corrected chi connectivity index (χ2v) is 1.57. The van der Waals surface area contributed by atoms with Crippen molar-refractivity contribution < 1.29 is 10.3 Å². The Morgan fingerprint density at radius 3 is 2.00 bits per heavy atom. The molecule has 0 radical (unpaired) electrons. The normalized spacial score (nSPS) is 10.5. The fourth-order valence-corrected chi connectivity index (χ4v) is 0.697. The zero-order valence-electron chi connectivity index (χ0n) is 5.13. The van der Waals surface area contributed by atoms with E-state index < -0.39 is 0 Å². The largest absolute Gasteiger partial charge is 1.00 e. The SMILES string of the molecule is [H+].c1cc2occc2o1. The minimum absolute atomic E-state index is 0. The topological polar surface area (TPSA) is 26.3 Å². The van der Waals surface area contributed by atoms with E-state index >= 15 is 0 Å². The van der Waals surface area contributed by atoms with Gasteiger partial charge in [0.1, 0.15) is 0 Å². The van der Waals surface area contributed by atoms with Crippen LogP contribution in [0, 0.1) is 0 Å². The van der Waals surface area contributed by atoms with E-state index in [1.54, 1.807) is 24.7 Å². The number of hydrogen-bond donors (Lipinski definition) is 0. The van der Waals surface area contributed by atoms with Crippen LogP contribution in [0.1, 0.15) is 1.43 Å². The van der Waals surface area contributed by atoms with Crippen molar-refractivity contribution in [1.29, 1.82) is 0 Å². The van der Waals surface area contributed by atoms with E-state index in [0.29, 0.717) is 0 Å². The van der Waals surface area contributed by atoms with Gasteiger partial charge in [0, 0.05) is 12.1 Å². The molecule has 2 nitrogen and oxygen atoms in total. The number of rotatable bonds is 0. The average molecular weight is 109 g/mol. The van der Waals surface area contributed by atoms with Crippen molar-refractivity contribution in [3.63, 3.8) is 0 Å². The quantitative estimate of drug-likeness (QED) is 0.518. The van der Waals surface area contributed by atoms with Crippen molar-refractivity contribution in [3.05, 3.63) is 24.7 Å². The molecule has 0 aliphatic carbocycles. The van der Waals surface area contributed by atoms with Gasteiger partial charge in [0.25, 0.3) is 0 Å². The van der Waals surface area contributed by atoms with Gasteiger partial charge in [-0.05, 0) is 0 Å². The summed E-state index contributed by atoms with van der Waals surface area (Å²) in [6.45, 7) is 0. The Morgan fingerprint density at radius 2 is 1.50 bits per heavy atom. The fraction of sp³-hybridized carbons (Fsp3) is 0. The molecule has 0 unspecified atom stereocenters. The molecule has 0 aliphatic heterocycles. The number of furan rings is 2. The van der Waals surface area contributed by atoms with Gasteiger partial charge < -0.3 is 8.83 Å². The zero-order valence-corrected chi connectivity index (χ0v) is 4.13. The van der Waals surface area contributed by atoms with Gasteiger partial charge in [0.15, 0.2) is 11.2 Å². The van der Waals surface area contributed by atoms with Crippen LogP contribution in [0.25, 0.3) is 11.2 Å². The molecule has 2 aromatic heterocycles. The van der Waals surface area contributed by atoms with Crippen LogP contribution in [-0.4, -0.2) is 0 Å². The maximum Gasteiger partial charge on any atom is 1.00 e. The van der Waals surface area contributed by atoms with Gasteiger partial charge in [0.05, 0.1) is 12.5 Å². The molecular formula is C6H5O2+. The molecule has 0 aliphatic rings. The van der Waals surface area contributed by atoms with Crippen molar-refractivity contribution in [2.75, 3.05) is 0 Å². The van der Waals surface area contributed by atoms with E-state index in [2.05, 4.69) is 0 Å². The summed E-state index contributed by atoms with van der Waals surface area (Å²) in [5.41, 5.74) is 1.62. The van der Waals surface area contributed by atoms with Crippen molar-refractivity contribution >= 4 is 11.2 Å². The van der Waals surface area contributed by atoms with Gasteiger partial charge in [-0.2, -0.15) is 0 Å². The Morgan fingerprint density at radius 1 is 1.00 bits per heavy atom. The maximum absolute atomic E-state index is 4.96.